The number of rotatable bonds is 7. The molecule has 3 aliphatic rings. The monoisotopic (exact) mass is 875 g/mol. The maximum Gasteiger partial charge on any atom is 0.0725 e. The van der Waals surface area contributed by atoms with Gasteiger partial charge in [-0.1, -0.05) is 237 Å². The minimum Gasteiger partial charge on any atom is -0.310 e. The second kappa shape index (κ2) is 15.4. The van der Waals surface area contributed by atoms with E-state index < -0.39 is 10.8 Å². The van der Waals surface area contributed by atoms with Crippen molar-refractivity contribution in [3.05, 3.63) is 317 Å². The maximum absolute atomic E-state index is 2.47. The zero-order valence-electron chi connectivity index (χ0n) is 37.9. The number of hydrogen-bond acceptors (Lipinski definition) is 1. The van der Waals surface area contributed by atoms with Crippen LogP contribution in [0.5, 0.6) is 0 Å². The maximum atomic E-state index is 2.47. The minimum absolute atomic E-state index is 0.407. The largest absolute Gasteiger partial charge is 0.310 e. The third-order valence-corrected chi connectivity index (χ3v) is 15.4. The van der Waals surface area contributed by atoms with Crippen molar-refractivity contribution < 1.29 is 0 Å². The summed E-state index contributed by atoms with van der Waals surface area (Å²) in [7, 11) is 0. The Morgan fingerprint density at radius 2 is 0.493 bits per heavy atom. The average molecular weight is 876 g/mol. The molecule has 0 atom stereocenters. The number of fused-ring (bicyclic) bond motifs is 13. The summed E-state index contributed by atoms with van der Waals surface area (Å²) in [4.78, 5) is 2.47. The van der Waals surface area contributed by atoms with Crippen LogP contribution < -0.4 is 4.90 Å². The van der Waals surface area contributed by atoms with Gasteiger partial charge in [0.25, 0.3) is 0 Å². The van der Waals surface area contributed by atoms with Crippen molar-refractivity contribution in [2.24, 2.45) is 0 Å². The molecule has 0 amide bonds. The van der Waals surface area contributed by atoms with Crippen LogP contribution in [0, 0.1) is 0 Å². The van der Waals surface area contributed by atoms with Crippen molar-refractivity contribution in [3.63, 3.8) is 0 Å². The van der Waals surface area contributed by atoms with Crippen molar-refractivity contribution >= 4 is 17.1 Å². The van der Waals surface area contributed by atoms with Crippen molar-refractivity contribution in [1.29, 1.82) is 0 Å². The Labute approximate surface area is 403 Å². The van der Waals surface area contributed by atoms with Crippen molar-refractivity contribution in [3.8, 4) is 55.6 Å². The van der Waals surface area contributed by atoms with Gasteiger partial charge in [-0.3, -0.25) is 0 Å². The lowest BCUT2D eigenvalue weighted by molar-refractivity contribution is 0.768. The first-order valence-electron chi connectivity index (χ1n) is 24.1. The molecule has 14 rings (SSSR count). The average Bonchev–Trinajstić information content (AvgIpc) is 4.02. The standard InChI is InChI=1S/C68H45N/c1-4-18-46(19-5-1)47-32-34-48(35-33-47)49-36-38-52(39-37-49)69(53-40-42-65-59(44-53)57-26-12-14-28-61(57)67(65,50-20-6-2-7-21-50)51-22-8-3-9-23-51)54-41-43-66-60(45-54)58-27-13-17-31-64(58)68(66)62-29-15-10-24-55(62)56-25-11-16-30-63(56)68/h1-45H. The van der Waals surface area contributed by atoms with Gasteiger partial charge in [-0.25, -0.2) is 0 Å². The van der Waals surface area contributed by atoms with E-state index in [1.54, 1.807) is 0 Å². The van der Waals surface area contributed by atoms with E-state index in [0.29, 0.717) is 0 Å². The van der Waals surface area contributed by atoms with Gasteiger partial charge in [0, 0.05) is 17.1 Å². The van der Waals surface area contributed by atoms with Gasteiger partial charge >= 0.3 is 0 Å². The van der Waals surface area contributed by atoms with E-state index >= 15 is 0 Å². The Morgan fingerprint density at radius 3 is 0.928 bits per heavy atom. The molecule has 0 saturated carbocycles. The normalized spacial score (nSPS) is 13.7. The van der Waals surface area contributed by atoms with E-state index in [-0.39, 0.29) is 0 Å². The predicted octanol–water partition coefficient (Wildman–Crippen LogP) is 17.2. The smallest absolute Gasteiger partial charge is 0.0725 e. The highest BCUT2D eigenvalue weighted by atomic mass is 15.1. The van der Waals surface area contributed by atoms with Crippen LogP contribution in [0.2, 0.25) is 0 Å². The van der Waals surface area contributed by atoms with E-state index in [0.717, 1.165) is 17.1 Å². The summed E-state index contributed by atoms with van der Waals surface area (Å²) in [6.07, 6.45) is 0. The highest BCUT2D eigenvalue weighted by molar-refractivity contribution is 5.97. The van der Waals surface area contributed by atoms with Crippen LogP contribution >= 0.6 is 0 Å². The topological polar surface area (TPSA) is 3.24 Å². The van der Waals surface area contributed by atoms with Gasteiger partial charge in [-0.15, -0.1) is 0 Å². The van der Waals surface area contributed by atoms with Gasteiger partial charge in [0.1, 0.15) is 0 Å². The Kier molecular flexibility index (Phi) is 8.78. The molecule has 0 aromatic heterocycles. The van der Waals surface area contributed by atoms with E-state index in [2.05, 4.69) is 278 Å². The molecule has 0 fully saturated rings. The molecule has 0 bridgehead atoms. The zero-order valence-corrected chi connectivity index (χ0v) is 37.9. The summed E-state index contributed by atoms with van der Waals surface area (Å²) >= 11 is 0. The lowest BCUT2D eigenvalue weighted by atomic mass is 9.68. The molecule has 11 aromatic rings. The first-order valence-corrected chi connectivity index (χ1v) is 24.1. The van der Waals surface area contributed by atoms with Crippen LogP contribution in [0.1, 0.15) is 44.5 Å². The number of hydrogen-bond donors (Lipinski definition) is 0. The van der Waals surface area contributed by atoms with E-state index in [1.807, 2.05) is 0 Å². The quantitative estimate of drug-likeness (QED) is 0.154. The van der Waals surface area contributed by atoms with Crippen LogP contribution in [0.25, 0.3) is 55.6 Å². The number of nitrogens with zero attached hydrogens (tertiary/aromatic N) is 1. The number of benzene rings is 11. The number of anilines is 3. The molecule has 1 heteroatoms. The first-order chi connectivity index (χ1) is 34.2. The van der Waals surface area contributed by atoms with Gasteiger partial charge in [0.2, 0.25) is 0 Å². The lowest BCUT2D eigenvalue weighted by Crippen LogP contribution is -2.28. The summed E-state index contributed by atoms with van der Waals surface area (Å²) in [5, 5.41) is 0. The highest BCUT2D eigenvalue weighted by Crippen LogP contribution is 2.63. The van der Waals surface area contributed by atoms with Gasteiger partial charge in [0.15, 0.2) is 0 Å². The Balaban J connectivity index is 0.966. The second-order valence-electron chi connectivity index (χ2n) is 18.7. The molecule has 1 spiro atoms. The highest BCUT2D eigenvalue weighted by Gasteiger charge is 2.52. The molecule has 0 N–H and O–H groups in total. The van der Waals surface area contributed by atoms with Gasteiger partial charge in [0.05, 0.1) is 10.8 Å². The fourth-order valence-corrected chi connectivity index (χ4v) is 12.5. The van der Waals surface area contributed by atoms with Crippen LogP contribution in [-0.4, -0.2) is 0 Å². The summed E-state index contributed by atoms with van der Waals surface area (Å²) < 4.78 is 0. The fourth-order valence-electron chi connectivity index (χ4n) is 12.5. The zero-order chi connectivity index (χ0) is 45.5. The summed E-state index contributed by atoms with van der Waals surface area (Å²) in [5.74, 6) is 0. The molecular formula is C68H45N. The third kappa shape index (κ3) is 5.65. The Hall–Kier alpha value is -8.78. The summed E-state index contributed by atoms with van der Waals surface area (Å²) in [6, 6.07) is 102. The molecular weight excluding hydrogens is 831 g/mol. The molecule has 0 heterocycles. The lowest BCUT2D eigenvalue weighted by Gasteiger charge is -2.34. The van der Waals surface area contributed by atoms with Crippen LogP contribution in [0.4, 0.5) is 17.1 Å². The minimum atomic E-state index is -0.477. The SMILES string of the molecule is c1ccc(-c2ccc(-c3ccc(N(c4ccc5c(c4)-c4ccccc4C5(c4ccccc4)c4ccccc4)c4ccc5c(c4)-c4ccccc4C54c5ccccc5-c5ccccc54)cc3)cc2)cc1. The van der Waals surface area contributed by atoms with E-state index in [4.69, 9.17) is 0 Å². The fraction of sp³-hybridized carbons (Fsp3) is 0.0294. The van der Waals surface area contributed by atoms with Gasteiger partial charge in [-0.2, -0.15) is 0 Å². The van der Waals surface area contributed by atoms with Crippen LogP contribution in [-0.2, 0) is 10.8 Å². The molecule has 0 unspecified atom stereocenters. The van der Waals surface area contributed by atoms with Crippen molar-refractivity contribution in [2.75, 3.05) is 4.90 Å². The summed E-state index contributed by atoms with van der Waals surface area (Å²) in [6.45, 7) is 0. The molecule has 69 heavy (non-hydrogen) atoms. The van der Waals surface area contributed by atoms with Crippen molar-refractivity contribution in [1.82, 2.24) is 0 Å². The summed E-state index contributed by atoms with van der Waals surface area (Å²) in [5.41, 5.74) is 25.5. The Morgan fingerprint density at radius 1 is 0.203 bits per heavy atom. The first kappa shape index (κ1) is 39.4. The molecule has 322 valence electrons. The molecule has 0 radical (unpaired) electrons. The molecule has 0 saturated heterocycles. The Bertz CT molecular complexity index is 3580. The van der Waals surface area contributed by atoms with E-state index in [1.165, 1.54) is 100 Å². The second-order valence-corrected chi connectivity index (χ2v) is 18.7. The molecule has 0 aliphatic heterocycles. The van der Waals surface area contributed by atoms with Crippen molar-refractivity contribution in [2.45, 2.75) is 10.8 Å². The van der Waals surface area contributed by atoms with Crippen LogP contribution in [0.15, 0.2) is 273 Å². The molecule has 3 aliphatic carbocycles. The van der Waals surface area contributed by atoms with Crippen LogP contribution in [0.3, 0.4) is 0 Å². The van der Waals surface area contributed by atoms with Gasteiger partial charge < -0.3 is 4.90 Å². The van der Waals surface area contributed by atoms with Gasteiger partial charge in [-0.05, 0) is 137 Å². The molecule has 1 nitrogen and oxygen atoms in total. The van der Waals surface area contributed by atoms with E-state index in [9.17, 15) is 0 Å². The third-order valence-electron chi connectivity index (χ3n) is 15.4. The molecule has 11 aromatic carbocycles. The predicted molar refractivity (Wildman–Crippen MR) is 286 cm³/mol.